The van der Waals surface area contributed by atoms with Gasteiger partial charge in [0.05, 0.1) is 0 Å². The maximum absolute atomic E-state index is 3.44. The fourth-order valence-electron chi connectivity index (χ4n) is 21.5. The Labute approximate surface area is 372 Å². The first kappa shape index (κ1) is 42.5. The van der Waals surface area contributed by atoms with E-state index in [2.05, 4.69) is 37.5 Å². The van der Waals surface area contributed by atoms with Crippen LogP contribution >= 0.6 is 0 Å². The van der Waals surface area contributed by atoms with Crippen molar-refractivity contribution in [1.82, 2.24) is 9.80 Å². The third-order valence-corrected chi connectivity index (χ3v) is 24.1. The molecule has 0 aromatic rings. The van der Waals surface area contributed by atoms with Crippen molar-refractivity contribution in [2.75, 3.05) is 0 Å². The summed E-state index contributed by atoms with van der Waals surface area (Å²) in [4.78, 5) is 6.79. The van der Waals surface area contributed by atoms with Crippen molar-refractivity contribution in [3.63, 3.8) is 0 Å². The number of fused-ring (bicyclic) bond motifs is 7. The van der Waals surface area contributed by atoms with Gasteiger partial charge in [-0.3, -0.25) is 9.80 Å². The first-order chi connectivity index (χ1) is 29.3. The Bertz CT molecular complexity index is 1350. The van der Waals surface area contributed by atoms with Gasteiger partial charge in [-0.2, -0.15) is 0 Å². The summed E-state index contributed by atoms with van der Waals surface area (Å²) >= 11 is 0. The van der Waals surface area contributed by atoms with Crippen LogP contribution in [0.1, 0.15) is 246 Å². The summed E-state index contributed by atoms with van der Waals surface area (Å²) in [6.45, 7) is 11.1. The second-order valence-electron chi connectivity index (χ2n) is 26.8. The molecular weight excluding hydrogens is 725 g/mol. The highest BCUT2D eigenvalue weighted by Gasteiger charge is 2.60. The van der Waals surface area contributed by atoms with Crippen molar-refractivity contribution in [3.05, 3.63) is 0 Å². The summed E-state index contributed by atoms with van der Waals surface area (Å²) < 4.78 is 0. The quantitative estimate of drug-likeness (QED) is 0.252. The maximum Gasteiger partial charge on any atom is 0.0132 e. The van der Waals surface area contributed by atoms with E-state index in [0.717, 1.165) is 107 Å². The normalized spacial score (nSPS) is 49.4. The number of rotatable bonds is 7. The number of hydrogen-bond donors (Lipinski definition) is 0. The summed E-state index contributed by atoms with van der Waals surface area (Å²) in [6.07, 6.45) is 52.6. The first-order valence-corrected chi connectivity index (χ1v) is 28.8. The van der Waals surface area contributed by atoms with Crippen molar-refractivity contribution in [1.29, 1.82) is 0 Å². The molecule has 11 aliphatic rings. The van der Waals surface area contributed by atoms with Crippen LogP contribution in [0.15, 0.2) is 0 Å². The molecule has 0 N–H and O–H groups in total. The van der Waals surface area contributed by atoms with Gasteiger partial charge in [-0.05, 0) is 223 Å². The van der Waals surface area contributed by atoms with Crippen LogP contribution in [0, 0.1) is 81.8 Å². The lowest BCUT2D eigenvalue weighted by Crippen LogP contribution is -2.56. The van der Waals surface area contributed by atoms with Crippen molar-refractivity contribution in [2.45, 2.75) is 282 Å². The molecule has 0 bridgehead atoms. The van der Waals surface area contributed by atoms with Gasteiger partial charge in [-0.1, -0.05) is 105 Å². The Morgan fingerprint density at radius 1 is 0.267 bits per heavy atom. The molecule has 11 saturated carbocycles. The number of nitrogens with zero attached hydrogens (tertiary/aromatic N) is 2. The van der Waals surface area contributed by atoms with Crippen molar-refractivity contribution >= 4 is 0 Å². The molecule has 340 valence electrons. The molecule has 11 rings (SSSR count). The van der Waals surface area contributed by atoms with E-state index in [1.807, 2.05) is 0 Å². The van der Waals surface area contributed by atoms with Crippen LogP contribution in [-0.2, 0) is 0 Å². The monoisotopic (exact) mass is 823 g/mol. The fraction of sp³-hybridized carbons (Fsp3) is 1.00. The Balaban J connectivity index is 0.780. The molecule has 11 aliphatic carbocycles. The van der Waals surface area contributed by atoms with E-state index in [0.29, 0.717) is 10.8 Å². The smallest absolute Gasteiger partial charge is 0.0132 e. The van der Waals surface area contributed by atoms with Crippen LogP contribution in [0.4, 0.5) is 0 Å². The molecule has 13 unspecified atom stereocenters. The minimum absolute atomic E-state index is 0.569. The molecule has 2 heteroatoms. The first-order valence-electron chi connectivity index (χ1n) is 28.8. The van der Waals surface area contributed by atoms with E-state index in [1.54, 1.807) is 141 Å². The van der Waals surface area contributed by atoms with Gasteiger partial charge in [0, 0.05) is 36.3 Å². The minimum atomic E-state index is 0.569. The van der Waals surface area contributed by atoms with E-state index in [-0.39, 0.29) is 0 Å². The van der Waals surface area contributed by atoms with E-state index in [4.69, 9.17) is 0 Å². The van der Waals surface area contributed by atoms with Gasteiger partial charge >= 0.3 is 0 Å². The average molecular weight is 823 g/mol. The van der Waals surface area contributed by atoms with Crippen molar-refractivity contribution < 1.29 is 0 Å². The summed E-state index contributed by atoms with van der Waals surface area (Å²) in [5, 5.41) is 0. The van der Waals surface area contributed by atoms with Crippen LogP contribution in [-0.4, -0.2) is 46.1 Å². The highest BCUT2D eigenvalue weighted by Crippen LogP contribution is 2.66. The lowest BCUT2D eigenvalue weighted by molar-refractivity contribution is -0.0466. The lowest BCUT2D eigenvalue weighted by atomic mass is 9.65. The molecule has 13 atom stereocenters. The van der Waals surface area contributed by atoms with Crippen LogP contribution in [0.3, 0.4) is 0 Å². The molecule has 0 aromatic carbocycles. The van der Waals surface area contributed by atoms with Gasteiger partial charge in [0.1, 0.15) is 0 Å². The lowest BCUT2D eigenvalue weighted by Gasteiger charge is -2.54. The molecule has 60 heavy (non-hydrogen) atoms. The summed E-state index contributed by atoms with van der Waals surface area (Å²) in [5.74, 6) is 12.5. The van der Waals surface area contributed by atoms with Gasteiger partial charge in [0.2, 0.25) is 0 Å². The molecule has 2 nitrogen and oxygen atoms in total. The van der Waals surface area contributed by atoms with Crippen LogP contribution in [0.2, 0.25) is 0 Å². The molecule has 0 radical (unpaired) electrons. The fourth-order valence-corrected chi connectivity index (χ4v) is 21.5. The Hall–Kier alpha value is -0.0800. The zero-order valence-electron chi connectivity index (χ0n) is 40.3. The van der Waals surface area contributed by atoms with Crippen LogP contribution in [0.5, 0.6) is 0 Å². The largest absolute Gasteiger partial charge is 0.294 e. The zero-order chi connectivity index (χ0) is 40.6. The van der Waals surface area contributed by atoms with E-state index in [1.165, 1.54) is 77.0 Å². The van der Waals surface area contributed by atoms with Gasteiger partial charge in [0.15, 0.2) is 0 Å². The standard InChI is InChI=1S/C58H98N2/c1-57(2)52-22-12-10-20-48(52)50-35-33-45(37-54(50)57)59(46-34-36-51-49-21-11-13-23-53(49)58(3,4)55(51)38-46)43-29-25-39(26-30-43)40-27-31-44(32-28-40)60(42-17-6-5-7-18-42)56-24-14-16-41-15-8-9-19-47(41)56/h39-56H,5-38H2,1-4H3. The summed E-state index contributed by atoms with van der Waals surface area (Å²) in [6, 6.07) is 5.43. The topological polar surface area (TPSA) is 6.48 Å². The molecule has 0 amide bonds. The van der Waals surface area contributed by atoms with E-state index < -0.39 is 0 Å². The summed E-state index contributed by atoms with van der Waals surface area (Å²) in [7, 11) is 0. The third kappa shape index (κ3) is 7.62. The SMILES string of the molecule is CC1(C)C2CCCCC2C2CCC(N(C3CCC(C4CCC(N(C5CCCCC5)C5CCCC6CCCCC65)CC4)CC3)C3CCC4C5CCCCC5C(C)(C)C4C3)CC21. The van der Waals surface area contributed by atoms with Crippen LogP contribution in [0.25, 0.3) is 0 Å². The molecule has 0 saturated heterocycles. The zero-order valence-corrected chi connectivity index (χ0v) is 40.3. The predicted octanol–water partition coefficient (Wildman–Crippen LogP) is 15.7. The van der Waals surface area contributed by atoms with Gasteiger partial charge in [0.25, 0.3) is 0 Å². The van der Waals surface area contributed by atoms with Gasteiger partial charge < -0.3 is 0 Å². The Morgan fingerprint density at radius 2 is 0.667 bits per heavy atom. The summed E-state index contributed by atoms with van der Waals surface area (Å²) in [5.41, 5.74) is 1.14. The molecule has 0 spiro atoms. The average Bonchev–Trinajstić information content (AvgIpc) is 3.66. The highest BCUT2D eigenvalue weighted by molar-refractivity contribution is 5.10. The van der Waals surface area contributed by atoms with Gasteiger partial charge in [-0.25, -0.2) is 0 Å². The second-order valence-corrected chi connectivity index (χ2v) is 26.8. The maximum atomic E-state index is 3.44. The highest BCUT2D eigenvalue weighted by atomic mass is 15.2. The van der Waals surface area contributed by atoms with Crippen molar-refractivity contribution in [3.8, 4) is 0 Å². The van der Waals surface area contributed by atoms with Crippen molar-refractivity contribution in [2.24, 2.45) is 81.8 Å². The van der Waals surface area contributed by atoms with E-state index >= 15 is 0 Å². The predicted molar refractivity (Wildman–Crippen MR) is 253 cm³/mol. The molecule has 11 fully saturated rings. The molecule has 0 aromatic heterocycles. The number of hydrogen-bond acceptors (Lipinski definition) is 2. The Morgan fingerprint density at radius 3 is 1.22 bits per heavy atom. The third-order valence-electron chi connectivity index (χ3n) is 24.1. The van der Waals surface area contributed by atoms with E-state index in [9.17, 15) is 0 Å². The molecule has 0 aliphatic heterocycles. The van der Waals surface area contributed by atoms with Gasteiger partial charge in [-0.15, -0.1) is 0 Å². The van der Waals surface area contributed by atoms with Crippen LogP contribution < -0.4 is 0 Å². The Kier molecular flexibility index (Phi) is 12.5. The second kappa shape index (κ2) is 17.6. The molecule has 0 heterocycles. The molecular formula is C58H98N2. The minimum Gasteiger partial charge on any atom is -0.294 e.